The van der Waals surface area contributed by atoms with E-state index in [9.17, 15) is 22.0 Å². The molecule has 3 rings (SSSR count). The Labute approximate surface area is 164 Å². The van der Waals surface area contributed by atoms with Crippen molar-refractivity contribution in [2.24, 2.45) is 0 Å². The largest absolute Gasteiger partial charge is 0.322 e. The fourth-order valence-electron chi connectivity index (χ4n) is 2.25. The van der Waals surface area contributed by atoms with Crippen molar-refractivity contribution in [3.8, 4) is 0 Å². The molecule has 2 N–H and O–H groups in total. The molecule has 0 spiro atoms. The molecule has 0 fully saturated rings. The van der Waals surface area contributed by atoms with Crippen LogP contribution in [0.3, 0.4) is 0 Å². The van der Waals surface area contributed by atoms with Gasteiger partial charge in [-0.3, -0.25) is 9.52 Å². The van der Waals surface area contributed by atoms with Gasteiger partial charge in [0.2, 0.25) is 5.95 Å². The summed E-state index contributed by atoms with van der Waals surface area (Å²) < 4.78 is 53.8. The van der Waals surface area contributed by atoms with Crippen molar-refractivity contribution in [3.05, 3.63) is 83.0 Å². The summed E-state index contributed by atoms with van der Waals surface area (Å²) in [5.41, 5.74) is -0.0151. The summed E-state index contributed by atoms with van der Waals surface area (Å²) in [5, 5.41) is 2.21. The van der Waals surface area contributed by atoms with Gasteiger partial charge in [-0.15, -0.1) is 0 Å². The van der Waals surface area contributed by atoms with Crippen molar-refractivity contribution in [1.82, 2.24) is 4.98 Å². The number of anilines is 2. The summed E-state index contributed by atoms with van der Waals surface area (Å²) in [4.78, 5) is 15.7. The summed E-state index contributed by atoms with van der Waals surface area (Å²) in [6.07, 6.45) is 0. The van der Waals surface area contributed by atoms with E-state index in [1.54, 1.807) is 6.07 Å². The summed E-state index contributed by atoms with van der Waals surface area (Å²) in [7, 11) is -4.01. The highest BCUT2D eigenvalue weighted by Crippen LogP contribution is 2.21. The molecule has 0 unspecified atom stereocenters. The minimum absolute atomic E-state index is 0.0481. The number of sulfonamides is 1. The molecule has 6 nitrogen and oxygen atoms in total. The number of carbonyl (C=O) groups is 1. The predicted molar refractivity (Wildman–Crippen MR) is 101 cm³/mol. The SMILES string of the molecule is O=C(Nc1ccc(F)c(Cl)c1)c1cc(F)nc(NS(=O)(=O)c2ccccc2)c1. The Morgan fingerprint density at radius 2 is 1.71 bits per heavy atom. The zero-order chi connectivity index (χ0) is 20.3. The van der Waals surface area contributed by atoms with E-state index < -0.39 is 27.7 Å². The number of nitrogens with one attached hydrogen (secondary N) is 2. The molecule has 0 aliphatic carbocycles. The maximum atomic E-state index is 13.8. The third-order valence-electron chi connectivity index (χ3n) is 3.53. The number of carbonyl (C=O) groups excluding carboxylic acids is 1. The molecule has 0 bridgehead atoms. The van der Waals surface area contributed by atoms with Gasteiger partial charge in [-0.2, -0.15) is 4.39 Å². The molecule has 1 heterocycles. The Hall–Kier alpha value is -3.04. The first-order valence-corrected chi connectivity index (χ1v) is 9.62. The van der Waals surface area contributed by atoms with Gasteiger partial charge < -0.3 is 5.32 Å². The van der Waals surface area contributed by atoms with Crippen LogP contribution >= 0.6 is 11.6 Å². The quantitative estimate of drug-likeness (QED) is 0.605. The van der Waals surface area contributed by atoms with Crippen LogP contribution in [0.4, 0.5) is 20.3 Å². The second-order valence-electron chi connectivity index (χ2n) is 5.57. The van der Waals surface area contributed by atoms with Gasteiger partial charge in [-0.25, -0.2) is 17.8 Å². The minimum Gasteiger partial charge on any atom is -0.322 e. The summed E-state index contributed by atoms with van der Waals surface area (Å²) in [6, 6.07) is 12.8. The fraction of sp³-hybridized carbons (Fsp3) is 0. The average molecular weight is 424 g/mol. The third kappa shape index (κ3) is 4.62. The topological polar surface area (TPSA) is 88.2 Å². The highest BCUT2D eigenvalue weighted by Gasteiger charge is 2.17. The molecule has 0 aliphatic rings. The highest BCUT2D eigenvalue weighted by atomic mass is 35.5. The lowest BCUT2D eigenvalue weighted by Crippen LogP contribution is -2.17. The number of benzene rings is 2. The molecule has 3 aromatic rings. The first-order valence-electron chi connectivity index (χ1n) is 7.76. The number of hydrogen-bond acceptors (Lipinski definition) is 4. The Kier molecular flexibility index (Phi) is 5.57. The first-order chi connectivity index (χ1) is 13.2. The summed E-state index contributed by atoms with van der Waals surface area (Å²) in [6.45, 7) is 0. The average Bonchev–Trinajstić information content (AvgIpc) is 2.64. The van der Waals surface area contributed by atoms with Crippen LogP contribution in [0.1, 0.15) is 10.4 Å². The van der Waals surface area contributed by atoms with E-state index >= 15 is 0 Å². The molecular formula is C18H12ClF2N3O3S. The second-order valence-corrected chi connectivity index (χ2v) is 7.65. The van der Waals surface area contributed by atoms with Gasteiger partial charge in [-0.1, -0.05) is 29.8 Å². The number of halogens is 3. The monoisotopic (exact) mass is 423 g/mol. The molecule has 0 saturated heterocycles. The van der Waals surface area contributed by atoms with Crippen molar-refractivity contribution in [3.63, 3.8) is 0 Å². The zero-order valence-electron chi connectivity index (χ0n) is 14.0. The lowest BCUT2D eigenvalue weighted by atomic mass is 10.2. The van der Waals surface area contributed by atoms with Gasteiger partial charge in [0.05, 0.1) is 9.92 Å². The van der Waals surface area contributed by atoms with E-state index in [4.69, 9.17) is 11.6 Å². The Morgan fingerprint density at radius 1 is 1.00 bits per heavy atom. The van der Waals surface area contributed by atoms with Crippen molar-refractivity contribution < 1.29 is 22.0 Å². The lowest BCUT2D eigenvalue weighted by Gasteiger charge is -2.10. The number of rotatable bonds is 5. The molecule has 0 aliphatic heterocycles. The van der Waals surface area contributed by atoms with E-state index in [0.29, 0.717) is 0 Å². The molecule has 1 aromatic heterocycles. The smallest absolute Gasteiger partial charge is 0.263 e. The predicted octanol–water partition coefficient (Wildman–Crippen LogP) is 4.07. The van der Waals surface area contributed by atoms with Crippen molar-refractivity contribution in [2.75, 3.05) is 10.0 Å². The number of aromatic nitrogens is 1. The number of hydrogen-bond donors (Lipinski definition) is 2. The van der Waals surface area contributed by atoms with E-state index in [2.05, 4.69) is 15.0 Å². The Bertz CT molecular complexity index is 1140. The highest BCUT2D eigenvalue weighted by molar-refractivity contribution is 7.92. The van der Waals surface area contributed by atoms with Crippen LogP contribution in [0.5, 0.6) is 0 Å². The zero-order valence-corrected chi connectivity index (χ0v) is 15.6. The van der Waals surface area contributed by atoms with Crippen LogP contribution in [-0.4, -0.2) is 19.3 Å². The Morgan fingerprint density at radius 3 is 2.39 bits per heavy atom. The molecule has 0 radical (unpaired) electrons. The molecule has 1 amide bonds. The maximum Gasteiger partial charge on any atom is 0.263 e. The van der Waals surface area contributed by atoms with Crippen LogP contribution in [0.25, 0.3) is 0 Å². The molecular weight excluding hydrogens is 412 g/mol. The molecule has 144 valence electrons. The standard InChI is InChI=1S/C18H12ClF2N3O3S/c19-14-10-12(6-7-15(14)20)22-18(25)11-8-16(21)23-17(9-11)24-28(26,27)13-4-2-1-3-5-13/h1-10H,(H,22,25)(H,23,24). The van der Waals surface area contributed by atoms with E-state index in [-0.39, 0.29) is 27.0 Å². The van der Waals surface area contributed by atoms with Crippen LogP contribution in [0.2, 0.25) is 5.02 Å². The molecule has 10 heteroatoms. The number of amides is 1. The van der Waals surface area contributed by atoms with Gasteiger partial charge in [0.15, 0.2) is 0 Å². The van der Waals surface area contributed by atoms with E-state index in [1.165, 1.54) is 36.4 Å². The van der Waals surface area contributed by atoms with Crippen LogP contribution < -0.4 is 10.0 Å². The van der Waals surface area contributed by atoms with Gasteiger partial charge >= 0.3 is 0 Å². The maximum absolute atomic E-state index is 13.8. The number of nitrogens with zero attached hydrogens (tertiary/aromatic N) is 1. The molecule has 0 saturated carbocycles. The molecule has 28 heavy (non-hydrogen) atoms. The van der Waals surface area contributed by atoms with Crippen molar-refractivity contribution >= 4 is 39.0 Å². The van der Waals surface area contributed by atoms with Gasteiger partial charge in [-0.05, 0) is 36.4 Å². The third-order valence-corrected chi connectivity index (χ3v) is 5.19. The van der Waals surface area contributed by atoms with Crippen LogP contribution in [0, 0.1) is 11.8 Å². The van der Waals surface area contributed by atoms with Crippen LogP contribution in [0.15, 0.2) is 65.6 Å². The normalized spacial score (nSPS) is 11.1. The second kappa shape index (κ2) is 7.91. The van der Waals surface area contributed by atoms with Crippen molar-refractivity contribution in [2.45, 2.75) is 4.90 Å². The van der Waals surface area contributed by atoms with Gasteiger partial charge in [0, 0.05) is 17.3 Å². The fourth-order valence-corrected chi connectivity index (χ4v) is 3.45. The van der Waals surface area contributed by atoms with E-state index in [1.807, 2.05) is 0 Å². The lowest BCUT2D eigenvalue weighted by molar-refractivity contribution is 0.102. The minimum atomic E-state index is -4.01. The van der Waals surface area contributed by atoms with Crippen molar-refractivity contribution in [1.29, 1.82) is 0 Å². The first kappa shape index (κ1) is 19.7. The molecule has 2 aromatic carbocycles. The van der Waals surface area contributed by atoms with E-state index in [0.717, 1.165) is 18.2 Å². The van der Waals surface area contributed by atoms with Gasteiger partial charge in [0.1, 0.15) is 11.6 Å². The Balaban J connectivity index is 1.84. The number of pyridine rings is 1. The van der Waals surface area contributed by atoms with Crippen LogP contribution in [-0.2, 0) is 10.0 Å². The van der Waals surface area contributed by atoms with Gasteiger partial charge in [0.25, 0.3) is 15.9 Å². The summed E-state index contributed by atoms with van der Waals surface area (Å²) >= 11 is 5.65. The summed E-state index contributed by atoms with van der Waals surface area (Å²) in [5.74, 6) is -2.85. The molecule has 0 atom stereocenters.